The molecule has 0 bridgehead atoms. The summed E-state index contributed by atoms with van der Waals surface area (Å²) in [5.74, 6) is 0.670. The summed E-state index contributed by atoms with van der Waals surface area (Å²) in [7, 11) is 1.65. The molecule has 1 heterocycles. The molecule has 17 heavy (non-hydrogen) atoms. The van der Waals surface area contributed by atoms with Crippen molar-refractivity contribution in [1.82, 2.24) is 4.98 Å². The van der Waals surface area contributed by atoms with Crippen molar-refractivity contribution in [2.45, 2.75) is 45.6 Å². The number of hydrogen-bond acceptors (Lipinski definition) is 3. The molecule has 3 nitrogen and oxygen atoms in total. The Hall–Kier alpha value is -1.25. The minimum absolute atomic E-state index is 0.370. The number of pyridine rings is 1. The predicted octanol–water partition coefficient (Wildman–Crippen LogP) is 3.47. The fourth-order valence-electron chi connectivity index (χ4n) is 2.57. The summed E-state index contributed by atoms with van der Waals surface area (Å²) in [5, 5.41) is 3.63. The van der Waals surface area contributed by atoms with Crippen LogP contribution in [0.1, 0.15) is 39.5 Å². The molecule has 2 rings (SSSR count). The van der Waals surface area contributed by atoms with E-state index in [1.807, 2.05) is 12.1 Å². The van der Waals surface area contributed by atoms with Gasteiger partial charge in [-0.05, 0) is 24.3 Å². The molecule has 0 radical (unpaired) electrons. The zero-order valence-corrected chi connectivity index (χ0v) is 11.0. The molecule has 0 saturated heterocycles. The molecule has 0 amide bonds. The molecule has 1 aromatic heterocycles. The van der Waals surface area contributed by atoms with Crippen molar-refractivity contribution in [2.75, 3.05) is 12.4 Å². The third kappa shape index (κ3) is 2.90. The van der Waals surface area contributed by atoms with Gasteiger partial charge in [-0.2, -0.15) is 0 Å². The highest BCUT2D eigenvalue weighted by molar-refractivity contribution is 5.46. The first-order valence-electron chi connectivity index (χ1n) is 6.38. The molecule has 1 aromatic rings. The molecule has 1 saturated carbocycles. The van der Waals surface area contributed by atoms with Crippen molar-refractivity contribution >= 4 is 5.69 Å². The standard InChI is InChI=1S/C14H22N2O/c1-14(2)8-5-4-6-12(14)16-11-7-9-15-13(10-11)17-3/h7,9-10,12H,4-6,8H2,1-3H3,(H,15,16). The van der Waals surface area contributed by atoms with Crippen LogP contribution in [0.4, 0.5) is 5.69 Å². The topological polar surface area (TPSA) is 34.1 Å². The molecular weight excluding hydrogens is 212 g/mol. The van der Waals surface area contributed by atoms with Gasteiger partial charge in [0, 0.05) is 24.0 Å². The average Bonchev–Trinajstić information content (AvgIpc) is 2.32. The van der Waals surface area contributed by atoms with Gasteiger partial charge in [0.05, 0.1) is 7.11 Å². The lowest BCUT2D eigenvalue weighted by Gasteiger charge is -2.39. The van der Waals surface area contributed by atoms with Crippen LogP contribution in [-0.4, -0.2) is 18.1 Å². The van der Waals surface area contributed by atoms with Gasteiger partial charge in [-0.3, -0.25) is 0 Å². The van der Waals surface area contributed by atoms with E-state index in [-0.39, 0.29) is 0 Å². The number of anilines is 1. The summed E-state index contributed by atoms with van der Waals surface area (Å²) < 4.78 is 5.14. The number of hydrogen-bond donors (Lipinski definition) is 1. The summed E-state index contributed by atoms with van der Waals surface area (Å²) in [5.41, 5.74) is 1.48. The zero-order chi connectivity index (χ0) is 12.3. The van der Waals surface area contributed by atoms with E-state index in [0.29, 0.717) is 17.3 Å². The lowest BCUT2D eigenvalue weighted by Crippen LogP contribution is -2.38. The highest BCUT2D eigenvalue weighted by Gasteiger charge is 2.31. The first-order valence-corrected chi connectivity index (χ1v) is 6.38. The predicted molar refractivity (Wildman–Crippen MR) is 70.4 cm³/mol. The number of ether oxygens (including phenoxy) is 1. The van der Waals surface area contributed by atoms with E-state index in [1.165, 1.54) is 25.7 Å². The second kappa shape index (κ2) is 4.94. The van der Waals surface area contributed by atoms with Crippen LogP contribution < -0.4 is 10.1 Å². The van der Waals surface area contributed by atoms with Gasteiger partial charge in [-0.1, -0.05) is 26.7 Å². The summed E-state index contributed by atoms with van der Waals surface area (Å²) >= 11 is 0. The molecule has 0 spiro atoms. The van der Waals surface area contributed by atoms with Crippen molar-refractivity contribution in [3.63, 3.8) is 0 Å². The van der Waals surface area contributed by atoms with Crippen LogP contribution in [-0.2, 0) is 0 Å². The number of nitrogens with one attached hydrogen (secondary N) is 1. The Morgan fingerprint density at radius 3 is 2.94 bits per heavy atom. The number of rotatable bonds is 3. The second-order valence-corrected chi connectivity index (χ2v) is 5.52. The van der Waals surface area contributed by atoms with E-state index in [4.69, 9.17) is 4.74 Å². The van der Waals surface area contributed by atoms with Crippen LogP contribution in [0.5, 0.6) is 5.88 Å². The van der Waals surface area contributed by atoms with Gasteiger partial charge >= 0.3 is 0 Å². The second-order valence-electron chi connectivity index (χ2n) is 5.52. The van der Waals surface area contributed by atoms with E-state index in [2.05, 4.69) is 24.1 Å². The minimum Gasteiger partial charge on any atom is -0.481 e. The average molecular weight is 234 g/mol. The zero-order valence-electron chi connectivity index (χ0n) is 11.0. The van der Waals surface area contributed by atoms with E-state index in [9.17, 15) is 0 Å². The van der Waals surface area contributed by atoms with Crippen molar-refractivity contribution in [3.8, 4) is 5.88 Å². The van der Waals surface area contributed by atoms with Gasteiger partial charge in [-0.15, -0.1) is 0 Å². The van der Waals surface area contributed by atoms with Crippen molar-refractivity contribution in [2.24, 2.45) is 5.41 Å². The number of aromatic nitrogens is 1. The van der Waals surface area contributed by atoms with Crippen LogP contribution >= 0.6 is 0 Å². The minimum atomic E-state index is 0.370. The maximum atomic E-state index is 5.14. The van der Waals surface area contributed by atoms with Crippen LogP contribution in [0.2, 0.25) is 0 Å². The Balaban J connectivity index is 2.08. The van der Waals surface area contributed by atoms with E-state index in [0.717, 1.165) is 5.69 Å². The Labute approximate surface area is 104 Å². The Bertz CT molecular complexity index is 376. The van der Waals surface area contributed by atoms with Gasteiger partial charge < -0.3 is 10.1 Å². The smallest absolute Gasteiger partial charge is 0.214 e. The van der Waals surface area contributed by atoms with Gasteiger partial charge in [0.15, 0.2) is 0 Å². The first-order chi connectivity index (χ1) is 8.12. The number of methoxy groups -OCH3 is 1. The third-order valence-electron chi connectivity index (χ3n) is 3.79. The third-order valence-corrected chi connectivity index (χ3v) is 3.79. The molecule has 1 atom stereocenters. The molecule has 1 fully saturated rings. The first kappa shape index (κ1) is 12.2. The summed E-state index contributed by atoms with van der Waals surface area (Å²) in [6.45, 7) is 4.70. The maximum absolute atomic E-state index is 5.14. The largest absolute Gasteiger partial charge is 0.481 e. The van der Waals surface area contributed by atoms with Crippen LogP contribution in [0.25, 0.3) is 0 Å². The van der Waals surface area contributed by atoms with Crippen LogP contribution in [0.15, 0.2) is 18.3 Å². The fourth-order valence-corrected chi connectivity index (χ4v) is 2.57. The summed E-state index contributed by atoms with van der Waals surface area (Å²) in [6, 6.07) is 4.51. The Morgan fingerprint density at radius 1 is 1.41 bits per heavy atom. The van der Waals surface area contributed by atoms with E-state index < -0.39 is 0 Å². The summed E-state index contributed by atoms with van der Waals surface area (Å²) in [4.78, 5) is 4.13. The van der Waals surface area contributed by atoms with Gasteiger partial charge in [-0.25, -0.2) is 4.98 Å². The molecule has 0 aliphatic heterocycles. The molecule has 1 aliphatic rings. The monoisotopic (exact) mass is 234 g/mol. The Kier molecular flexibility index (Phi) is 3.55. The molecule has 3 heteroatoms. The van der Waals surface area contributed by atoms with Gasteiger partial charge in [0.1, 0.15) is 0 Å². The maximum Gasteiger partial charge on any atom is 0.214 e. The highest BCUT2D eigenvalue weighted by Crippen LogP contribution is 2.37. The van der Waals surface area contributed by atoms with Crippen LogP contribution in [0.3, 0.4) is 0 Å². The highest BCUT2D eigenvalue weighted by atomic mass is 16.5. The lowest BCUT2D eigenvalue weighted by atomic mass is 9.73. The van der Waals surface area contributed by atoms with Crippen molar-refractivity contribution in [1.29, 1.82) is 0 Å². The van der Waals surface area contributed by atoms with Gasteiger partial charge in [0.25, 0.3) is 0 Å². The molecule has 1 aliphatic carbocycles. The Morgan fingerprint density at radius 2 is 2.24 bits per heavy atom. The van der Waals surface area contributed by atoms with Gasteiger partial charge in [0.2, 0.25) is 5.88 Å². The normalized spacial score (nSPS) is 23.1. The molecule has 1 N–H and O–H groups in total. The molecule has 94 valence electrons. The summed E-state index contributed by atoms with van der Waals surface area (Å²) in [6.07, 6.45) is 7.01. The van der Waals surface area contributed by atoms with E-state index in [1.54, 1.807) is 13.3 Å². The molecular formula is C14H22N2O. The number of nitrogens with zero attached hydrogens (tertiary/aromatic N) is 1. The molecule has 1 unspecified atom stereocenters. The quantitative estimate of drug-likeness (QED) is 0.869. The molecule has 0 aromatic carbocycles. The fraction of sp³-hybridized carbons (Fsp3) is 0.643. The van der Waals surface area contributed by atoms with Crippen molar-refractivity contribution in [3.05, 3.63) is 18.3 Å². The van der Waals surface area contributed by atoms with E-state index >= 15 is 0 Å². The van der Waals surface area contributed by atoms with Crippen LogP contribution in [0, 0.1) is 5.41 Å². The lowest BCUT2D eigenvalue weighted by molar-refractivity contribution is 0.217. The van der Waals surface area contributed by atoms with Crippen molar-refractivity contribution < 1.29 is 4.74 Å². The SMILES string of the molecule is COc1cc(NC2CCCCC2(C)C)ccn1.